The number of aromatic nitrogens is 2. The lowest BCUT2D eigenvalue weighted by Gasteiger charge is -2.21. The Bertz CT molecular complexity index is 3310. The van der Waals surface area contributed by atoms with Gasteiger partial charge in [0.2, 0.25) is 0 Å². The lowest BCUT2D eigenvalue weighted by Crippen LogP contribution is -1.94. The fourth-order valence-electron chi connectivity index (χ4n) is 9.61. The summed E-state index contributed by atoms with van der Waals surface area (Å²) >= 11 is 0. The van der Waals surface area contributed by atoms with Crippen LogP contribution in [0.15, 0.2) is 207 Å². The summed E-state index contributed by atoms with van der Waals surface area (Å²) in [7, 11) is 0. The highest BCUT2D eigenvalue weighted by Gasteiger charge is 2.31. The maximum absolute atomic E-state index is 4.45. The monoisotopic (exact) mass is 722 g/mol. The summed E-state index contributed by atoms with van der Waals surface area (Å²) in [5, 5.41) is 7.49. The molecule has 0 N–H and O–H groups in total. The molecule has 2 heteroatoms. The van der Waals surface area contributed by atoms with Crippen molar-refractivity contribution >= 4 is 43.4 Å². The highest BCUT2D eigenvalue weighted by atomic mass is 15.0. The minimum absolute atomic E-state index is 1.14. The smallest absolute Gasteiger partial charge is 0.0571 e. The van der Waals surface area contributed by atoms with E-state index in [1.165, 1.54) is 99.2 Å². The molecular weight excluding hydrogens is 689 g/mol. The first-order valence-electron chi connectivity index (χ1n) is 19.6. The molecule has 0 bridgehead atoms. The average molecular weight is 723 g/mol. The second-order valence-corrected chi connectivity index (χ2v) is 15.0. The third kappa shape index (κ3) is 4.74. The molecule has 0 saturated heterocycles. The molecule has 264 valence electrons. The van der Waals surface area contributed by atoms with E-state index in [1.807, 2.05) is 12.4 Å². The topological polar surface area (TPSA) is 17.8 Å². The van der Waals surface area contributed by atoms with Gasteiger partial charge in [-0.05, 0) is 119 Å². The van der Waals surface area contributed by atoms with Gasteiger partial charge < -0.3 is 4.57 Å². The first-order chi connectivity index (χ1) is 28.3. The number of nitrogens with zero attached hydrogens (tertiary/aromatic N) is 2. The largest absolute Gasteiger partial charge is 0.309 e. The number of para-hydroxylation sites is 1. The summed E-state index contributed by atoms with van der Waals surface area (Å²) in [4.78, 5) is 4.45. The lowest BCUT2D eigenvalue weighted by atomic mass is 9.82. The quantitative estimate of drug-likeness (QED) is 0.173. The van der Waals surface area contributed by atoms with Crippen LogP contribution >= 0.6 is 0 Å². The Labute approximate surface area is 330 Å². The average Bonchev–Trinajstić information content (AvgIpc) is 3.80. The number of pyridine rings is 1. The SMILES string of the molecule is c1ccc(-c2ccc3c(-c4ccccc4)c4c(c(-c5ccccc5)c3c2)-c2cccc3c(-c5ccc(-n6c7ccccc7c7cnccc76)cc5)ccc-4c23)cc1. The van der Waals surface area contributed by atoms with Gasteiger partial charge in [-0.3, -0.25) is 4.98 Å². The summed E-state index contributed by atoms with van der Waals surface area (Å²) in [6, 6.07) is 71.3. The van der Waals surface area contributed by atoms with Gasteiger partial charge in [-0.1, -0.05) is 164 Å². The van der Waals surface area contributed by atoms with Gasteiger partial charge in [-0.25, -0.2) is 0 Å². The minimum Gasteiger partial charge on any atom is -0.309 e. The van der Waals surface area contributed by atoms with Gasteiger partial charge in [-0.2, -0.15) is 0 Å². The second kappa shape index (κ2) is 12.5. The van der Waals surface area contributed by atoms with E-state index in [9.17, 15) is 0 Å². The molecule has 0 saturated carbocycles. The normalized spacial score (nSPS) is 11.9. The maximum Gasteiger partial charge on any atom is 0.0571 e. The van der Waals surface area contributed by atoms with E-state index in [0.717, 1.165) is 16.6 Å². The second-order valence-electron chi connectivity index (χ2n) is 15.0. The fraction of sp³-hybridized carbons (Fsp3) is 0. The van der Waals surface area contributed by atoms with Crippen LogP contribution in [-0.2, 0) is 0 Å². The van der Waals surface area contributed by atoms with Crippen molar-refractivity contribution in [1.82, 2.24) is 9.55 Å². The number of fused-ring (bicyclic) bond motifs is 7. The van der Waals surface area contributed by atoms with E-state index < -0.39 is 0 Å². The number of rotatable bonds is 5. The van der Waals surface area contributed by atoms with E-state index >= 15 is 0 Å². The van der Waals surface area contributed by atoms with Crippen LogP contribution in [0.25, 0.3) is 116 Å². The summed E-state index contributed by atoms with van der Waals surface area (Å²) in [5.41, 5.74) is 18.6. The molecule has 1 aliphatic carbocycles. The van der Waals surface area contributed by atoms with Crippen molar-refractivity contribution in [1.29, 1.82) is 0 Å². The molecule has 0 unspecified atom stereocenters. The Morgan fingerprint density at radius 1 is 0.316 bits per heavy atom. The molecule has 2 heterocycles. The molecule has 1 aliphatic rings. The van der Waals surface area contributed by atoms with Gasteiger partial charge >= 0.3 is 0 Å². The summed E-state index contributed by atoms with van der Waals surface area (Å²) in [6.07, 6.45) is 3.86. The Balaban J connectivity index is 1.11. The highest BCUT2D eigenvalue weighted by Crippen LogP contribution is 2.58. The number of hydrogen-bond acceptors (Lipinski definition) is 1. The predicted octanol–water partition coefficient (Wildman–Crippen LogP) is 14.8. The Kier molecular flexibility index (Phi) is 6.96. The van der Waals surface area contributed by atoms with Crippen LogP contribution in [0.4, 0.5) is 0 Å². The van der Waals surface area contributed by atoms with Crippen molar-refractivity contribution in [3.8, 4) is 72.4 Å². The molecular formula is C55H34N2. The molecule has 2 nitrogen and oxygen atoms in total. The molecule has 0 radical (unpaired) electrons. The van der Waals surface area contributed by atoms with E-state index in [1.54, 1.807) is 0 Å². The molecule has 9 aromatic carbocycles. The molecule has 0 aliphatic heterocycles. The van der Waals surface area contributed by atoms with Gasteiger partial charge in [0.05, 0.1) is 11.0 Å². The highest BCUT2D eigenvalue weighted by molar-refractivity contribution is 6.29. The molecule has 12 rings (SSSR count). The summed E-state index contributed by atoms with van der Waals surface area (Å²) in [6.45, 7) is 0. The molecule has 11 aromatic rings. The van der Waals surface area contributed by atoms with Crippen molar-refractivity contribution in [2.45, 2.75) is 0 Å². The van der Waals surface area contributed by atoms with Crippen LogP contribution in [0, 0.1) is 0 Å². The van der Waals surface area contributed by atoms with E-state index in [4.69, 9.17) is 0 Å². The van der Waals surface area contributed by atoms with Crippen LogP contribution < -0.4 is 0 Å². The van der Waals surface area contributed by atoms with Crippen molar-refractivity contribution in [3.63, 3.8) is 0 Å². The minimum atomic E-state index is 1.14. The van der Waals surface area contributed by atoms with Crippen molar-refractivity contribution in [2.24, 2.45) is 0 Å². The van der Waals surface area contributed by atoms with Gasteiger partial charge in [0.25, 0.3) is 0 Å². The summed E-state index contributed by atoms with van der Waals surface area (Å²) in [5.74, 6) is 0. The number of benzene rings is 9. The molecule has 57 heavy (non-hydrogen) atoms. The first kappa shape index (κ1) is 31.8. The van der Waals surface area contributed by atoms with Crippen LogP contribution in [0.2, 0.25) is 0 Å². The molecule has 0 amide bonds. The summed E-state index contributed by atoms with van der Waals surface area (Å²) < 4.78 is 2.35. The third-order valence-corrected chi connectivity index (χ3v) is 12.0. The van der Waals surface area contributed by atoms with Crippen molar-refractivity contribution in [2.75, 3.05) is 0 Å². The zero-order chi connectivity index (χ0) is 37.5. The van der Waals surface area contributed by atoms with E-state index in [0.29, 0.717) is 0 Å². The Hall–Kier alpha value is -7.55. The maximum atomic E-state index is 4.45. The molecule has 2 aromatic heterocycles. The van der Waals surface area contributed by atoms with Gasteiger partial charge in [0.15, 0.2) is 0 Å². The van der Waals surface area contributed by atoms with Crippen molar-refractivity contribution in [3.05, 3.63) is 207 Å². The molecule has 0 spiro atoms. The van der Waals surface area contributed by atoms with Crippen LogP contribution in [0.1, 0.15) is 0 Å². The van der Waals surface area contributed by atoms with Crippen molar-refractivity contribution < 1.29 is 0 Å². The van der Waals surface area contributed by atoms with E-state index in [2.05, 4.69) is 204 Å². The van der Waals surface area contributed by atoms with Gasteiger partial charge in [0.1, 0.15) is 0 Å². The van der Waals surface area contributed by atoms with Gasteiger partial charge in [-0.15, -0.1) is 0 Å². The van der Waals surface area contributed by atoms with Crippen LogP contribution in [-0.4, -0.2) is 9.55 Å². The van der Waals surface area contributed by atoms with Gasteiger partial charge in [0, 0.05) is 28.9 Å². The predicted molar refractivity (Wildman–Crippen MR) is 240 cm³/mol. The Morgan fingerprint density at radius 2 is 0.895 bits per heavy atom. The van der Waals surface area contributed by atoms with E-state index in [-0.39, 0.29) is 0 Å². The molecule has 0 atom stereocenters. The zero-order valence-corrected chi connectivity index (χ0v) is 31.0. The zero-order valence-electron chi connectivity index (χ0n) is 31.0. The number of hydrogen-bond donors (Lipinski definition) is 0. The first-order valence-corrected chi connectivity index (χ1v) is 19.6. The lowest BCUT2D eigenvalue weighted by molar-refractivity contribution is 1.17. The standard InChI is InChI=1S/C55H34N2/c1-4-13-35(14-5-1)39-25-28-44-47(33-39)52(38-17-8-3-9-18-38)54-45-21-12-20-43-41(29-30-46(53(43)45)55(54)51(44)37-15-6-2-7-16-37)36-23-26-40(27-24-36)57-49-22-11-10-19-42(49)48-34-56-32-31-50(48)57/h1-34H. The molecule has 0 fully saturated rings. The Morgan fingerprint density at radius 3 is 1.63 bits per heavy atom. The fourth-order valence-corrected chi connectivity index (χ4v) is 9.61. The third-order valence-electron chi connectivity index (χ3n) is 12.0. The van der Waals surface area contributed by atoms with Crippen LogP contribution in [0.3, 0.4) is 0 Å². The van der Waals surface area contributed by atoms with Crippen LogP contribution in [0.5, 0.6) is 0 Å².